The number of likely N-dealkylation sites (tertiary alicyclic amines) is 1. The topological polar surface area (TPSA) is 15.3 Å². The number of hydrogen-bond donors (Lipinski definition) is 1. The molecule has 1 aromatic rings. The van der Waals surface area contributed by atoms with E-state index in [0.29, 0.717) is 12.1 Å². The molecular weight excluding hydrogens is 196 g/mol. The molecule has 2 rings (SSSR count). The Bertz CT molecular complexity index is 310. The highest BCUT2D eigenvalue weighted by atomic mass is 15.2. The highest BCUT2D eigenvalue weighted by Gasteiger charge is 2.26. The zero-order valence-electron chi connectivity index (χ0n) is 10.3. The molecule has 0 saturated carbocycles. The molecule has 1 N–H and O–H groups in total. The van der Waals surface area contributed by atoms with Crippen LogP contribution in [0.2, 0.25) is 0 Å². The van der Waals surface area contributed by atoms with E-state index >= 15 is 0 Å². The number of rotatable bonds is 4. The Morgan fingerprint density at radius 2 is 2.12 bits per heavy atom. The first-order chi connectivity index (χ1) is 7.85. The molecule has 2 atom stereocenters. The van der Waals surface area contributed by atoms with Gasteiger partial charge in [-0.05, 0) is 25.5 Å². The van der Waals surface area contributed by atoms with Gasteiger partial charge in [-0.1, -0.05) is 37.3 Å². The van der Waals surface area contributed by atoms with Crippen LogP contribution in [-0.2, 0) is 0 Å². The van der Waals surface area contributed by atoms with Crippen LogP contribution in [0.3, 0.4) is 0 Å². The van der Waals surface area contributed by atoms with Gasteiger partial charge in [0, 0.05) is 25.2 Å². The van der Waals surface area contributed by atoms with Crippen LogP contribution in [0.5, 0.6) is 0 Å². The van der Waals surface area contributed by atoms with Crippen LogP contribution in [0.1, 0.15) is 31.4 Å². The van der Waals surface area contributed by atoms with Crippen LogP contribution in [-0.4, -0.2) is 31.1 Å². The summed E-state index contributed by atoms with van der Waals surface area (Å²) in [5, 5.41) is 3.38. The van der Waals surface area contributed by atoms with E-state index < -0.39 is 0 Å². The molecule has 88 valence electrons. The lowest BCUT2D eigenvalue weighted by Crippen LogP contribution is -2.31. The van der Waals surface area contributed by atoms with Gasteiger partial charge in [0.25, 0.3) is 0 Å². The molecule has 0 aliphatic carbocycles. The molecule has 0 spiro atoms. The Morgan fingerprint density at radius 3 is 2.69 bits per heavy atom. The molecule has 2 nitrogen and oxygen atoms in total. The minimum Gasteiger partial charge on any atom is -0.316 e. The average molecular weight is 218 g/mol. The summed E-state index contributed by atoms with van der Waals surface area (Å²) in [6.45, 7) is 4.69. The summed E-state index contributed by atoms with van der Waals surface area (Å²) >= 11 is 0. The average Bonchev–Trinajstić information content (AvgIpc) is 2.80. The van der Waals surface area contributed by atoms with Crippen molar-refractivity contribution in [2.45, 2.75) is 31.8 Å². The fourth-order valence-electron chi connectivity index (χ4n) is 2.69. The Balaban J connectivity index is 2.06. The lowest BCUT2D eigenvalue weighted by molar-refractivity contribution is 0.234. The molecule has 1 heterocycles. The van der Waals surface area contributed by atoms with Crippen molar-refractivity contribution in [1.29, 1.82) is 0 Å². The molecule has 1 saturated heterocycles. The summed E-state index contributed by atoms with van der Waals surface area (Å²) in [6.07, 6.45) is 2.47. The van der Waals surface area contributed by atoms with Crippen molar-refractivity contribution in [3.05, 3.63) is 35.9 Å². The quantitative estimate of drug-likeness (QED) is 0.835. The van der Waals surface area contributed by atoms with Crippen LogP contribution < -0.4 is 5.32 Å². The van der Waals surface area contributed by atoms with Gasteiger partial charge in [0.2, 0.25) is 0 Å². The molecule has 1 fully saturated rings. The molecule has 1 aliphatic heterocycles. The molecule has 16 heavy (non-hydrogen) atoms. The Labute approximate surface area is 98.7 Å². The van der Waals surface area contributed by atoms with E-state index in [0.717, 1.165) is 0 Å². The van der Waals surface area contributed by atoms with Crippen LogP contribution in [0.25, 0.3) is 0 Å². The summed E-state index contributed by atoms with van der Waals surface area (Å²) in [5.41, 5.74) is 1.46. The number of nitrogens with zero attached hydrogens (tertiary/aromatic N) is 1. The second-order valence-electron chi connectivity index (χ2n) is 4.60. The number of hydrogen-bond acceptors (Lipinski definition) is 2. The predicted molar refractivity (Wildman–Crippen MR) is 68.5 cm³/mol. The molecule has 0 bridgehead atoms. The van der Waals surface area contributed by atoms with Crippen molar-refractivity contribution in [2.75, 3.05) is 20.1 Å². The first kappa shape index (κ1) is 11.6. The summed E-state index contributed by atoms with van der Waals surface area (Å²) in [5.74, 6) is 0. The highest BCUT2D eigenvalue weighted by molar-refractivity contribution is 5.19. The van der Waals surface area contributed by atoms with Crippen LogP contribution in [0.15, 0.2) is 30.3 Å². The van der Waals surface area contributed by atoms with E-state index in [2.05, 4.69) is 54.5 Å². The van der Waals surface area contributed by atoms with E-state index in [1.54, 1.807) is 0 Å². The number of likely N-dealkylation sites (N-methyl/N-ethyl adjacent to an activating group) is 1. The Morgan fingerprint density at radius 1 is 1.38 bits per heavy atom. The fourth-order valence-corrected chi connectivity index (χ4v) is 2.69. The normalized spacial score (nSPS) is 23.5. The van der Waals surface area contributed by atoms with Gasteiger partial charge in [-0.15, -0.1) is 0 Å². The fraction of sp³-hybridized carbons (Fsp3) is 0.571. The van der Waals surface area contributed by atoms with Gasteiger partial charge >= 0.3 is 0 Å². The highest BCUT2D eigenvalue weighted by Crippen LogP contribution is 2.27. The largest absolute Gasteiger partial charge is 0.316 e. The summed E-state index contributed by atoms with van der Waals surface area (Å²) in [7, 11) is 2.07. The third-order valence-electron chi connectivity index (χ3n) is 3.64. The molecule has 1 aliphatic rings. The Hall–Kier alpha value is -0.860. The van der Waals surface area contributed by atoms with Crippen LogP contribution in [0.4, 0.5) is 0 Å². The summed E-state index contributed by atoms with van der Waals surface area (Å²) in [6, 6.07) is 12.2. The third kappa shape index (κ3) is 2.45. The predicted octanol–water partition coefficient (Wildman–Crippen LogP) is 2.43. The van der Waals surface area contributed by atoms with Crippen molar-refractivity contribution in [1.82, 2.24) is 10.2 Å². The minimum atomic E-state index is 0.597. The van der Waals surface area contributed by atoms with Crippen molar-refractivity contribution in [3.8, 4) is 0 Å². The molecular formula is C14H22N2. The van der Waals surface area contributed by atoms with E-state index in [1.807, 2.05) is 0 Å². The monoisotopic (exact) mass is 218 g/mol. The van der Waals surface area contributed by atoms with Crippen molar-refractivity contribution < 1.29 is 0 Å². The zero-order chi connectivity index (χ0) is 11.4. The second kappa shape index (κ2) is 5.46. The molecule has 0 radical (unpaired) electrons. The van der Waals surface area contributed by atoms with Gasteiger partial charge in [-0.25, -0.2) is 0 Å². The summed E-state index contributed by atoms with van der Waals surface area (Å²) < 4.78 is 0. The minimum absolute atomic E-state index is 0.597. The van der Waals surface area contributed by atoms with E-state index in [1.165, 1.54) is 31.5 Å². The molecule has 2 heteroatoms. The maximum atomic E-state index is 3.38. The van der Waals surface area contributed by atoms with Crippen LogP contribution in [0, 0.1) is 0 Å². The first-order valence-corrected chi connectivity index (χ1v) is 6.31. The zero-order valence-corrected chi connectivity index (χ0v) is 10.3. The van der Waals surface area contributed by atoms with E-state index in [-0.39, 0.29) is 0 Å². The van der Waals surface area contributed by atoms with Crippen molar-refractivity contribution >= 4 is 0 Å². The molecule has 0 aromatic heterocycles. The van der Waals surface area contributed by atoms with E-state index in [9.17, 15) is 0 Å². The van der Waals surface area contributed by atoms with Crippen LogP contribution >= 0.6 is 0 Å². The Kier molecular flexibility index (Phi) is 3.97. The molecule has 2 unspecified atom stereocenters. The van der Waals surface area contributed by atoms with Gasteiger partial charge in [-0.2, -0.15) is 0 Å². The smallest absolute Gasteiger partial charge is 0.0346 e. The lowest BCUT2D eigenvalue weighted by atomic mass is 10.0. The standard InChI is InChI=1S/C14H22N2/c1-3-14(12-7-5-4-6-8-12)16-10-9-13(11-16)15-2/h4-8,13-15H,3,9-11H2,1-2H3. The van der Waals surface area contributed by atoms with Crippen molar-refractivity contribution in [3.63, 3.8) is 0 Å². The van der Waals surface area contributed by atoms with Gasteiger partial charge in [0.1, 0.15) is 0 Å². The summed E-state index contributed by atoms with van der Waals surface area (Å²) in [4.78, 5) is 2.61. The number of benzene rings is 1. The molecule has 1 aromatic carbocycles. The second-order valence-corrected chi connectivity index (χ2v) is 4.60. The van der Waals surface area contributed by atoms with Gasteiger partial charge in [0.05, 0.1) is 0 Å². The maximum Gasteiger partial charge on any atom is 0.0346 e. The van der Waals surface area contributed by atoms with Gasteiger partial charge in [0.15, 0.2) is 0 Å². The molecule has 0 amide bonds. The van der Waals surface area contributed by atoms with Crippen molar-refractivity contribution in [2.24, 2.45) is 0 Å². The van der Waals surface area contributed by atoms with Gasteiger partial charge < -0.3 is 5.32 Å². The van der Waals surface area contributed by atoms with E-state index in [4.69, 9.17) is 0 Å². The third-order valence-corrected chi connectivity index (χ3v) is 3.64. The first-order valence-electron chi connectivity index (χ1n) is 6.31. The number of nitrogens with one attached hydrogen (secondary N) is 1. The lowest BCUT2D eigenvalue weighted by Gasteiger charge is -2.27. The van der Waals surface area contributed by atoms with Gasteiger partial charge in [-0.3, -0.25) is 4.90 Å². The SMILES string of the molecule is CCC(c1ccccc1)N1CCC(NC)C1. The maximum absolute atomic E-state index is 3.38.